The van der Waals surface area contributed by atoms with Gasteiger partial charge in [-0.25, -0.2) is 4.98 Å². The van der Waals surface area contributed by atoms with Crippen molar-refractivity contribution >= 4 is 28.5 Å². The van der Waals surface area contributed by atoms with Crippen LogP contribution < -0.4 is 4.90 Å². The zero-order chi connectivity index (χ0) is 21.4. The second kappa shape index (κ2) is 7.96. The molecule has 156 valence electrons. The number of anilines is 1. The average molecular weight is 406 g/mol. The quantitative estimate of drug-likeness (QED) is 0.607. The number of imidazole rings is 1. The lowest BCUT2D eigenvalue weighted by Gasteiger charge is -2.34. The van der Waals surface area contributed by atoms with Gasteiger partial charge in [0.15, 0.2) is 5.65 Å². The summed E-state index contributed by atoms with van der Waals surface area (Å²) in [7, 11) is 4.15. The number of pyridine rings is 1. The second-order valence-electron chi connectivity index (χ2n) is 7.94. The fourth-order valence-corrected chi connectivity index (χ4v) is 4.57. The van der Waals surface area contributed by atoms with Gasteiger partial charge in [0, 0.05) is 12.1 Å². The van der Waals surface area contributed by atoms with E-state index in [2.05, 4.69) is 34.4 Å². The van der Waals surface area contributed by atoms with Crippen molar-refractivity contribution < 1.29 is 9.53 Å². The van der Waals surface area contributed by atoms with Crippen LogP contribution in [0.1, 0.15) is 36.5 Å². The summed E-state index contributed by atoms with van der Waals surface area (Å²) in [5, 5.41) is 9.96. The molecule has 30 heavy (non-hydrogen) atoms. The summed E-state index contributed by atoms with van der Waals surface area (Å²) in [4.78, 5) is 21.9. The number of esters is 1. The third-order valence-electron chi connectivity index (χ3n) is 5.92. The van der Waals surface area contributed by atoms with E-state index in [1.807, 2.05) is 38.1 Å². The molecule has 1 unspecified atom stereocenters. The Morgan fingerprint density at radius 3 is 2.83 bits per heavy atom. The van der Waals surface area contributed by atoms with Crippen LogP contribution in [0.2, 0.25) is 0 Å². The summed E-state index contributed by atoms with van der Waals surface area (Å²) in [5.41, 5.74) is 4.57. The van der Waals surface area contributed by atoms with Gasteiger partial charge in [-0.15, -0.1) is 0 Å². The average Bonchev–Trinajstić information content (AvgIpc) is 3.34. The largest absolute Gasteiger partial charge is 0.466 e. The van der Waals surface area contributed by atoms with Gasteiger partial charge in [0.1, 0.15) is 11.9 Å². The van der Waals surface area contributed by atoms with Crippen molar-refractivity contribution in [2.24, 2.45) is 0 Å². The molecule has 1 fully saturated rings. The van der Waals surface area contributed by atoms with Crippen molar-refractivity contribution in [1.82, 2.24) is 14.3 Å². The Morgan fingerprint density at radius 1 is 1.37 bits per heavy atom. The van der Waals surface area contributed by atoms with Crippen molar-refractivity contribution in [3.05, 3.63) is 41.0 Å². The standard InChI is InChI=1S/C23H27N5O2/c1-5-30-21(29)13-16-15(2)17(14-24)22-25-18-9-6-7-10-19(18)28(22)23(16)27-12-8-11-20(27)26(3)4/h6-7,9-10,20H,5,8,11-13H2,1-4H3. The van der Waals surface area contributed by atoms with E-state index in [9.17, 15) is 10.1 Å². The van der Waals surface area contributed by atoms with Crippen LogP contribution in [0.4, 0.5) is 5.82 Å². The Bertz CT molecular complexity index is 1160. The van der Waals surface area contributed by atoms with Gasteiger partial charge in [0.2, 0.25) is 0 Å². The van der Waals surface area contributed by atoms with Crippen molar-refractivity contribution in [2.45, 2.75) is 39.3 Å². The second-order valence-corrected chi connectivity index (χ2v) is 7.94. The molecule has 0 amide bonds. The number of carbonyl (C=O) groups is 1. The van der Waals surface area contributed by atoms with Gasteiger partial charge >= 0.3 is 5.97 Å². The highest BCUT2D eigenvalue weighted by atomic mass is 16.5. The number of carbonyl (C=O) groups excluding carboxylic acids is 1. The molecule has 0 bridgehead atoms. The smallest absolute Gasteiger partial charge is 0.310 e. The van der Waals surface area contributed by atoms with Crippen LogP contribution >= 0.6 is 0 Å². The fraction of sp³-hybridized carbons (Fsp3) is 0.435. The predicted octanol–water partition coefficient (Wildman–Crippen LogP) is 3.26. The number of hydrogen-bond acceptors (Lipinski definition) is 6. The molecule has 0 radical (unpaired) electrons. The molecular formula is C23H27N5O2. The minimum Gasteiger partial charge on any atom is -0.466 e. The molecule has 0 spiro atoms. The van der Waals surface area contributed by atoms with Crippen LogP contribution in [0.3, 0.4) is 0 Å². The van der Waals surface area contributed by atoms with Crippen molar-refractivity contribution in [3.63, 3.8) is 0 Å². The Labute approximate surface area is 176 Å². The number of hydrogen-bond donors (Lipinski definition) is 0. The van der Waals surface area contributed by atoms with Gasteiger partial charge in [-0.3, -0.25) is 14.1 Å². The summed E-state index contributed by atoms with van der Waals surface area (Å²) < 4.78 is 7.34. The predicted molar refractivity (Wildman–Crippen MR) is 117 cm³/mol. The van der Waals surface area contributed by atoms with E-state index in [4.69, 9.17) is 9.72 Å². The highest BCUT2D eigenvalue weighted by Crippen LogP contribution is 2.37. The number of benzene rings is 1. The maximum atomic E-state index is 12.5. The number of para-hydroxylation sites is 2. The van der Waals surface area contributed by atoms with E-state index in [-0.39, 0.29) is 18.6 Å². The van der Waals surface area contributed by atoms with Crippen molar-refractivity contribution in [3.8, 4) is 6.07 Å². The zero-order valence-electron chi connectivity index (χ0n) is 18.0. The summed E-state index contributed by atoms with van der Waals surface area (Å²) >= 11 is 0. The first kappa shape index (κ1) is 20.2. The SMILES string of the molecule is CCOC(=O)Cc1c(C)c(C#N)c2nc3ccccc3n2c1N1CCCC1N(C)C. The van der Waals surface area contributed by atoms with Gasteiger partial charge in [-0.1, -0.05) is 12.1 Å². The van der Waals surface area contributed by atoms with Gasteiger partial charge in [-0.2, -0.15) is 5.26 Å². The van der Waals surface area contributed by atoms with Crippen LogP contribution in [-0.4, -0.2) is 53.7 Å². The Kier molecular flexibility index (Phi) is 5.35. The molecule has 1 aromatic carbocycles. The maximum Gasteiger partial charge on any atom is 0.310 e. The first-order valence-electron chi connectivity index (χ1n) is 10.4. The molecule has 3 heterocycles. The molecule has 2 aromatic heterocycles. The summed E-state index contributed by atoms with van der Waals surface area (Å²) in [6, 6.07) is 10.2. The Balaban J connectivity index is 2.09. The summed E-state index contributed by atoms with van der Waals surface area (Å²) in [6.45, 7) is 4.93. The minimum absolute atomic E-state index is 0.128. The topological polar surface area (TPSA) is 73.9 Å². The van der Waals surface area contributed by atoms with Crippen LogP contribution in [0.15, 0.2) is 24.3 Å². The Hall–Kier alpha value is -3.11. The molecule has 7 heteroatoms. The summed E-state index contributed by atoms with van der Waals surface area (Å²) in [5.74, 6) is 0.662. The lowest BCUT2D eigenvalue weighted by molar-refractivity contribution is -0.142. The van der Waals surface area contributed by atoms with E-state index in [0.29, 0.717) is 17.8 Å². The Morgan fingerprint density at radius 2 is 2.13 bits per heavy atom. The van der Waals surface area contributed by atoms with Crippen LogP contribution in [0.25, 0.3) is 16.7 Å². The first-order valence-corrected chi connectivity index (χ1v) is 10.4. The van der Waals surface area contributed by atoms with E-state index < -0.39 is 0 Å². The van der Waals surface area contributed by atoms with E-state index in [0.717, 1.165) is 47.4 Å². The number of nitrogens with zero attached hydrogens (tertiary/aromatic N) is 5. The third-order valence-corrected chi connectivity index (χ3v) is 5.92. The lowest BCUT2D eigenvalue weighted by Crippen LogP contribution is -2.42. The van der Waals surface area contributed by atoms with E-state index in [1.54, 1.807) is 0 Å². The number of rotatable bonds is 5. The van der Waals surface area contributed by atoms with E-state index >= 15 is 0 Å². The van der Waals surface area contributed by atoms with Crippen LogP contribution in [0, 0.1) is 18.3 Å². The monoisotopic (exact) mass is 405 g/mol. The summed E-state index contributed by atoms with van der Waals surface area (Å²) in [6.07, 6.45) is 2.44. The first-order chi connectivity index (χ1) is 14.5. The van der Waals surface area contributed by atoms with Gasteiger partial charge < -0.3 is 9.64 Å². The van der Waals surface area contributed by atoms with Gasteiger partial charge in [0.25, 0.3) is 0 Å². The minimum atomic E-state index is -0.282. The lowest BCUT2D eigenvalue weighted by atomic mass is 10.0. The molecule has 1 aliphatic heterocycles. The zero-order valence-corrected chi connectivity index (χ0v) is 18.0. The molecule has 3 aromatic rings. The highest BCUT2D eigenvalue weighted by molar-refractivity contribution is 5.88. The highest BCUT2D eigenvalue weighted by Gasteiger charge is 2.33. The molecule has 1 atom stereocenters. The molecule has 4 rings (SSSR count). The number of nitriles is 1. The van der Waals surface area contributed by atoms with Crippen molar-refractivity contribution in [1.29, 1.82) is 5.26 Å². The third kappa shape index (κ3) is 3.17. The molecule has 0 aliphatic carbocycles. The molecule has 1 aliphatic rings. The fourth-order valence-electron chi connectivity index (χ4n) is 4.57. The van der Waals surface area contributed by atoms with Crippen LogP contribution in [0.5, 0.6) is 0 Å². The maximum absolute atomic E-state index is 12.5. The molecular weight excluding hydrogens is 378 g/mol. The molecule has 1 saturated heterocycles. The normalized spacial score (nSPS) is 16.5. The molecule has 0 saturated carbocycles. The van der Waals surface area contributed by atoms with Gasteiger partial charge in [0.05, 0.1) is 35.8 Å². The molecule has 0 N–H and O–H groups in total. The van der Waals surface area contributed by atoms with Crippen LogP contribution in [-0.2, 0) is 16.0 Å². The van der Waals surface area contributed by atoms with E-state index in [1.165, 1.54) is 0 Å². The van der Waals surface area contributed by atoms with Crippen molar-refractivity contribution in [2.75, 3.05) is 32.1 Å². The number of ether oxygens (including phenoxy) is 1. The number of aromatic nitrogens is 2. The molecule has 7 nitrogen and oxygen atoms in total. The van der Waals surface area contributed by atoms with Gasteiger partial charge in [-0.05, 0) is 58.5 Å². The number of fused-ring (bicyclic) bond motifs is 3.